The molecule has 8 heteroatoms. The van der Waals surface area contributed by atoms with Crippen LogP contribution in [0.1, 0.15) is 5.56 Å². The molecule has 0 aliphatic rings. The first-order valence-electron chi connectivity index (χ1n) is 10.2. The minimum absolute atomic E-state index is 0.0978. The normalized spacial score (nSPS) is 11.3. The Labute approximate surface area is 187 Å². The quantitative estimate of drug-likeness (QED) is 0.344. The smallest absolute Gasteiger partial charge is 0.187 e. The van der Waals surface area contributed by atoms with E-state index in [1.54, 1.807) is 38.4 Å². The summed E-state index contributed by atoms with van der Waals surface area (Å²) in [6.45, 7) is 0.0978. The zero-order valence-corrected chi connectivity index (χ0v) is 17.9. The van der Waals surface area contributed by atoms with Crippen molar-refractivity contribution in [3.8, 4) is 17.0 Å². The number of anilines is 1. The number of halogens is 3. The highest BCUT2D eigenvalue weighted by molar-refractivity contribution is 6.00. The largest absolute Gasteiger partial charge is 0.497 e. The second kappa shape index (κ2) is 8.12. The number of hydrogen-bond donors (Lipinski definition) is 1. The lowest BCUT2D eigenvalue weighted by Gasteiger charge is -2.13. The second-order valence-corrected chi connectivity index (χ2v) is 7.61. The molecule has 5 rings (SSSR count). The molecule has 5 nitrogen and oxygen atoms in total. The maximum absolute atomic E-state index is 15.4. The third kappa shape index (κ3) is 3.53. The zero-order valence-electron chi connectivity index (χ0n) is 17.9. The van der Waals surface area contributed by atoms with Gasteiger partial charge in [-0.25, -0.2) is 22.8 Å². The van der Waals surface area contributed by atoms with E-state index in [2.05, 4.69) is 15.4 Å². The molecule has 5 aromatic rings. The van der Waals surface area contributed by atoms with Gasteiger partial charge in [0.2, 0.25) is 0 Å². The number of aromatic nitrogens is 3. The average molecular weight is 448 g/mol. The van der Waals surface area contributed by atoms with Gasteiger partial charge in [0, 0.05) is 29.9 Å². The van der Waals surface area contributed by atoms with Gasteiger partial charge in [0.25, 0.3) is 0 Å². The van der Waals surface area contributed by atoms with Crippen LogP contribution in [0.3, 0.4) is 0 Å². The minimum atomic E-state index is -1.31. The monoisotopic (exact) mass is 448 g/mol. The third-order valence-corrected chi connectivity index (χ3v) is 5.57. The summed E-state index contributed by atoms with van der Waals surface area (Å²) < 4.78 is 51.8. The van der Waals surface area contributed by atoms with E-state index in [0.717, 1.165) is 11.1 Å². The van der Waals surface area contributed by atoms with E-state index in [9.17, 15) is 8.78 Å². The van der Waals surface area contributed by atoms with Gasteiger partial charge < -0.3 is 10.1 Å². The van der Waals surface area contributed by atoms with Gasteiger partial charge in [-0.3, -0.25) is 0 Å². The fraction of sp³-hybridized carbons (Fsp3) is 0.120. The summed E-state index contributed by atoms with van der Waals surface area (Å²) in [6.07, 6.45) is 0. The molecule has 0 spiro atoms. The lowest BCUT2D eigenvalue weighted by atomic mass is 10.1. The second-order valence-electron chi connectivity index (χ2n) is 7.61. The Morgan fingerprint density at radius 3 is 2.33 bits per heavy atom. The number of hydrogen-bond acceptors (Lipinski definition) is 4. The molecule has 0 bridgehead atoms. The topological polar surface area (TPSA) is 52.0 Å². The highest BCUT2D eigenvalue weighted by Gasteiger charge is 2.24. The highest BCUT2D eigenvalue weighted by atomic mass is 19.2. The Bertz CT molecular complexity index is 1480. The lowest BCUT2D eigenvalue weighted by Crippen LogP contribution is -2.07. The van der Waals surface area contributed by atoms with Crippen LogP contribution in [-0.2, 0) is 13.6 Å². The van der Waals surface area contributed by atoms with Crippen molar-refractivity contribution < 1.29 is 17.9 Å². The number of pyridine rings is 1. The summed E-state index contributed by atoms with van der Waals surface area (Å²) in [4.78, 5) is 4.23. The number of methoxy groups -OCH3 is 1. The average Bonchev–Trinajstić information content (AvgIpc) is 3.18. The van der Waals surface area contributed by atoms with Crippen LogP contribution < -0.4 is 10.1 Å². The van der Waals surface area contributed by atoms with Gasteiger partial charge >= 0.3 is 0 Å². The van der Waals surface area contributed by atoms with E-state index in [-0.39, 0.29) is 17.4 Å². The summed E-state index contributed by atoms with van der Waals surface area (Å²) in [5.74, 6) is -2.78. The highest BCUT2D eigenvalue weighted by Crippen LogP contribution is 2.35. The predicted molar refractivity (Wildman–Crippen MR) is 122 cm³/mol. The Morgan fingerprint density at radius 2 is 1.64 bits per heavy atom. The van der Waals surface area contributed by atoms with E-state index < -0.39 is 23.1 Å². The van der Waals surface area contributed by atoms with Crippen molar-refractivity contribution in [2.24, 2.45) is 7.05 Å². The van der Waals surface area contributed by atoms with E-state index in [0.29, 0.717) is 22.5 Å². The van der Waals surface area contributed by atoms with Gasteiger partial charge in [-0.15, -0.1) is 0 Å². The molecule has 2 heterocycles. The molecular formula is C25H19F3N4O. The predicted octanol–water partition coefficient (Wildman–Crippen LogP) is 5.83. The number of rotatable bonds is 5. The number of nitrogens with zero attached hydrogens (tertiary/aromatic N) is 3. The lowest BCUT2D eigenvalue weighted by molar-refractivity contribution is 0.414. The van der Waals surface area contributed by atoms with Crippen LogP contribution in [0.5, 0.6) is 5.75 Å². The van der Waals surface area contributed by atoms with Gasteiger partial charge in [-0.2, -0.15) is 5.10 Å². The van der Waals surface area contributed by atoms with E-state index in [4.69, 9.17) is 4.74 Å². The van der Waals surface area contributed by atoms with Crippen molar-refractivity contribution in [1.82, 2.24) is 14.8 Å². The molecule has 0 saturated carbocycles. The SMILES string of the molecule is COc1ccc(CNc2c(F)c(F)c3nc4c(cc3c2F)c(-c2ccccc2)nn4C)cc1. The van der Waals surface area contributed by atoms with Crippen molar-refractivity contribution in [3.63, 3.8) is 0 Å². The summed E-state index contributed by atoms with van der Waals surface area (Å²) in [5.41, 5.74) is 1.56. The molecule has 0 atom stereocenters. The molecule has 3 aromatic carbocycles. The van der Waals surface area contributed by atoms with Gasteiger partial charge in [0.05, 0.1) is 7.11 Å². The van der Waals surface area contributed by atoms with Crippen LogP contribution in [0.25, 0.3) is 33.2 Å². The van der Waals surface area contributed by atoms with E-state index in [1.165, 1.54) is 10.7 Å². The Kier molecular flexibility index (Phi) is 5.12. The van der Waals surface area contributed by atoms with Crippen molar-refractivity contribution in [1.29, 1.82) is 0 Å². The third-order valence-electron chi connectivity index (χ3n) is 5.57. The molecule has 33 heavy (non-hydrogen) atoms. The molecule has 0 aliphatic heterocycles. The molecule has 1 N–H and O–H groups in total. The summed E-state index contributed by atoms with van der Waals surface area (Å²) in [6, 6.07) is 17.8. The number of nitrogens with one attached hydrogen (secondary N) is 1. The molecule has 166 valence electrons. The Balaban J connectivity index is 1.63. The Morgan fingerprint density at radius 1 is 0.909 bits per heavy atom. The van der Waals surface area contributed by atoms with Crippen molar-refractivity contribution >= 4 is 27.6 Å². The first-order valence-corrected chi connectivity index (χ1v) is 10.2. The summed E-state index contributed by atoms with van der Waals surface area (Å²) in [5, 5.41) is 7.58. The zero-order chi connectivity index (χ0) is 23.1. The summed E-state index contributed by atoms with van der Waals surface area (Å²) >= 11 is 0. The molecular weight excluding hydrogens is 429 g/mol. The molecule has 0 radical (unpaired) electrons. The van der Waals surface area contributed by atoms with Crippen LogP contribution in [0.4, 0.5) is 18.9 Å². The summed E-state index contributed by atoms with van der Waals surface area (Å²) in [7, 11) is 3.20. The maximum atomic E-state index is 15.4. The first-order chi connectivity index (χ1) is 16.0. The van der Waals surface area contributed by atoms with Gasteiger partial charge in [-0.05, 0) is 23.8 Å². The number of ether oxygens (including phenoxy) is 1. The molecule has 2 aromatic heterocycles. The van der Waals surface area contributed by atoms with Crippen molar-refractivity contribution in [2.45, 2.75) is 6.54 Å². The molecule has 0 fully saturated rings. The van der Waals surface area contributed by atoms with Gasteiger partial charge in [0.1, 0.15) is 22.6 Å². The number of benzene rings is 3. The first kappa shape index (κ1) is 20.8. The Hall–Kier alpha value is -4.07. The minimum Gasteiger partial charge on any atom is -0.497 e. The number of fused-ring (bicyclic) bond motifs is 2. The maximum Gasteiger partial charge on any atom is 0.187 e. The van der Waals surface area contributed by atoms with Crippen molar-refractivity contribution in [2.75, 3.05) is 12.4 Å². The van der Waals surface area contributed by atoms with Gasteiger partial charge in [0.15, 0.2) is 23.1 Å². The van der Waals surface area contributed by atoms with Crippen LogP contribution in [0.15, 0.2) is 60.7 Å². The van der Waals surface area contributed by atoms with Crippen molar-refractivity contribution in [3.05, 3.63) is 83.7 Å². The fourth-order valence-corrected chi connectivity index (χ4v) is 3.85. The van der Waals surface area contributed by atoms with Crippen LogP contribution in [-0.4, -0.2) is 21.9 Å². The molecule has 0 unspecified atom stereocenters. The van der Waals surface area contributed by atoms with Crippen LogP contribution >= 0.6 is 0 Å². The van der Waals surface area contributed by atoms with Gasteiger partial charge in [-0.1, -0.05) is 42.5 Å². The van der Waals surface area contributed by atoms with Crippen LogP contribution in [0, 0.1) is 17.5 Å². The molecule has 0 amide bonds. The van der Waals surface area contributed by atoms with E-state index in [1.807, 2.05) is 30.3 Å². The fourth-order valence-electron chi connectivity index (χ4n) is 3.85. The molecule has 0 saturated heterocycles. The van der Waals surface area contributed by atoms with E-state index >= 15 is 4.39 Å². The van der Waals surface area contributed by atoms with Crippen LogP contribution in [0.2, 0.25) is 0 Å². The molecule has 0 aliphatic carbocycles. The standard InChI is InChI=1S/C25H19F3N4O/c1-32-25-18(22(31-32)15-6-4-3-5-7-15)12-17-19(26)24(21(28)20(27)23(17)30-25)29-13-14-8-10-16(33-2)11-9-14/h3-12,29H,13H2,1-2H3. The number of aryl methyl sites for hydroxylation is 1.